The second-order valence-electron chi connectivity index (χ2n) is 18.8. The quantitative estimate of drug-likeness (QED) is 0.0261. The molecule has 74 heavy (non-hydrogen) atoms. The number of ether oxygens (including phenoxy) is 3. The molecule has 1 unspecified atom stereocenters. The van der Waals surface area contributed by atoms with Crippen LogP contribution in [0.15, 0.2) is 158 Å². The summed E-state index contributed by atoms with van der Waals surface area (Å²) in [5.74, 6) is -0.988. The molecule has 0 N–H and O–H groups in total. The van der Waals surface area contributed by atoms with Crippen LogP contribution in [-0.4, -0.2) is 37.2 Å². The van der Waals surface area contributed by atoms with Crippen molar-refractivity contribution in [2.24, 2.45) is 0 Å². The SMILES string of the molecule is CC/C=C\C/C=C\C/C=C\C/C=C\C/C=C\C/C=C\C/C=C\C/C=C\CCCCC(=O)OCC(COC(=O)CCCCCCC/C=C\CCC)OC(=O)CCCCCCCC/C=C\C/C=C\C/C=C\C/C=C\CC. The molecule has 0 rings (SSSR count). The first-order chi connectivity index (χ1) is 36.5. The van der Waals surface area contributed by atoms with Gasteiger partial charge in [-0.1, -0.05) is 230 Å². The van der Waals surface area contributed by atoms with Gasteiger partial charge < -0.3 is 14.2 Å². The number of unbranched alkanes of at least 4 members (excludes halogenated alkanes) is 14. The van der Waals surface area contributed by atoms with Crippen LogP contribution in [0.3, 0.4) is 0 Å². The molecular weight excluding hydrogens is 913 g/mol. The third-order valence-corrected chi connectivity index (χ3v) is 11.7. The molecule has 0 aromatic carbocycles. The lowest BCUT2D eigenvalue weighted by atomic mass is 10.1. The summed E-state index contributed by atoms with van der Waals surface area (Å²) in [6.45, 7) is 6.28. The summed E-state index contributed by atoms with van der Waals surface area (Å²) in [6.07, 6.45) is 88.1. The van der Waals surface area contributed by atoms with Crippen LogP contribution in [0.1, 0.15) is 233 Å². The molecule has 0 amide bonds. The van der Waals surface area contributed by atoms with Crippen molar-refractivity contribution in [2.45, 2.75) is 239 Å². The predicted molar refractivity (Wildman–Crippen MR) is 320 cm³/mol. The molecule has 0 aliphatic carbocycles. The zero-order valence-corrected chi connectivity index (χ0v) is 47.3. The molecule has 0 aliphatic rings. The van der Waals surface area contributed by atoms with Crippen LogP contribution in [-0.2, 0) is 28.6 Å². The lowest BCUT2D eigenvalue weighted by Crippen LogP contribution is -2.30. The van der Waals surface area contributed by atoms with E-state index in [4.69, 9.17) is 14.2 Å². The standard InChI is InChI=1S/C68H106O6/c1-4-7-10-13-16-19-22-24-26-28-30-31-32-33-34-35-36-37-39-40-42-44-46-49-52-55-58-61-67(70)73-64-65(63-72-66(69)60-57-54-51-48-21-18-15-12-9-6-3)74-68(71)62-59-56-53-50-47-45-43-41-38-29-27-25-23-20-17-14-11-8-5-2/h7-8,10-12,15-17,19-20,24-27,30-31,33-34,36-38,40-42,46,49,65H,4-6,9,13-14,18,21-23,28-29,32,35,39,43-45,47-48,50-64H2,1-3H3/b10-7-,11-8-,15-12-,19-16-,20-17-,26-24-,27-25-,31-30-,34-33-,37-36-,41-38-,42-40-,49-46-. The maximum absolute atomic E-state index is 12.9. The maximum atomic E-state index is 12.9. The third kappa shape index (κ3) is 57.9. The van der Waals surface area contributed by atoms with Crippen LogP contribution >= 0.6 is 0 Å². The topological polar surface area (TPSA) is 78.9 Å². The smallest absolute Gasteiger partial charge is 0.306 e. The van der Waals surface area contributed by atoms with Gasteiger partial charge in [-0.2, -0.15) is 0 Å². The highest BCUT2D eigenvalue weighted by atomic mass is 16.6. The van der Waals surface area contributed by atoms with Crippen molar-refractivity contribution in [1.29, 1.82) is 0 Å². The Balaban J connectivity index is 4.43. The van der Waals surface area contributed by atoms with Gasteiger partial charge >= 0.3 is 17.9 Å². The van der Waals surface area contributed by atoms with Crippen molar-refractivity contribution in [3.63, 3.8) is 0 Å². The van der Waals surface area contributed by atoms with E-state index in [1.165, 1.54) is 25.7 Å². The summed E-state index contributed by atoms with van der Waals surface area (Å²) in [7, 11) is 0. The van der Waals surface area contributed by atoms with Crippen LogP contribution in [0.4, 0.5) is 0 Å². The van der Waals surface area contributed by atoms with Gasteiger partial charge in [0.1, 0.15) is 13.2 Å². The summed E-state index contributed by atoms with van der Waals surface area (Å²) in [5, 5.41) is 0. The molecule has 0 bridgehead atoms. The number of carbonyl (C=O) groups excluding carboxylic acids is 3. The van der Waals surface area contributed by atoms with Crippen molar-refractivity contribution >= 4 is 17.9 Å². The minimum Gasteiger partial charge on any atom is -0.462 e. The van der Waals surface area contributed by atoms with E-state index in [2.05, 4.69) is 179 Å². The highest BCUT2D eigenvalue weighted by Crippen LogP contribution is 2.13. The number of allylic oxidation sites excluding steroid dienone is 26. The number of esters is 3. The highest BCUT2D eigenvalue weighted by molar-refractivity contribution is 5.71. The molecule has 0 saturated heterocycles. The van der Waals surface area contributed by atoms with Crippen LogP contribution in [0.25, 0.3) is 0 Å². The summed E-state index contributed by atoms with van der Waals surface area (Å²) in [4.78, 5) is 38.1. The zero-order valence-electron chi connectivity index (χ0n) is 47.3. The summed E-state index contributed by atoms with van der Waals surface area (Å²) in [5.41, 5.74) is 0. The largest absolute Gasteiger partial charge is 0.462 e. The van der Waals surface area contributed by atoms with Gasteiger partial charge in [0.2, 0.25) is 0 Å². The van der Waals surface area contributed by atoms with Gasteiger partial charge in [0.25, 0.3) is 0 Å². The lowest BCUT2D eigenvalue weighted by molar-refractivity contribution is -0.167. The van der Waals surface area contributed by atoms with Crippen LogP contribution in [0.5, 0.6) is 0 Å². The second kappa shape index (κ2) is 60.6. The van der Waals surface area contributed by atoms with E-state index in [1.807, 2.05) is 0 Å². The van der Waals surface area contributed by atoms with Crippen molar-refractivity contribution in [1.82, 2.24) is 0 Å². The van der Waals surface area contributed by atoms with E-state index in [0.29, 0.717) is 25.7 Å². The van der Waals surface area contributed by atoms with Gasteiger partial charge in [0, 0.05) is 19.3 Å². The van der Waals surface area contributed by atoms with Gasteiger partial charge in [0.05, 0.1) is 0 Å². The van der Waals surface area contributed by atoms with Gasteiger partial charge in [0.15, 0.2) is 6.10 Å². The minimum atomic E-state index is -0.815. The molecule has 1 atom stereocenters. The van der Waals surface area contributed by atoms with Crippen molar-refractivity contribution in [2.75, 3.05) is 13.2 Å². The Kier molecular flexibility index (Phi) is 56.5. The first kappa shape index (κ1) is 69.0. The average molecular weight is 1020 g/mol. The fourth-order valence-electron chi connectivity index (χ4n) is 7.39. The summed E-state index contributed by atoms with van der Waals surface area (Å²) < 4.78 is 16.8. The number of hydrogen-bond donors (Lipinski definition) is 0. The zero-order chi connectivity index (χ0) is 53.6. The van der Waals surface area contributed by atoms with E-state index in [1.54, 1.807) is 0 Å². The van der Waals surface area contributed by atoms with Crippen LogP contribution < -0.4 is 0 Å². The Hall–Kier alpha value is -4.97. The highest BCUT2D eigenvalue weighted by Gasteiger charge is 2.19. The fraction of sp³-hybridized carbons (Fsp3) is 0.574. The number of rotatable bonds is 51. The molecule has 6 nitrogen and oxygen atoms in total. The second-order valence-corrected chi connectivity index (χ2v) is 18.8. The molecule has 0 aromatic rings. The monoisotopic (exact) mass is 1020 g/mol. The Morgan fingerprint density at radius 2 is 0.527 bits per heavy atom. The van der Waals surface area contributed by atoms with E-state index in [-0.39, 0.29) is 31.1 Å². The molecule has 0 saturated carbocycles. The van der Waals surface area contributed by atoms with Gasteiger partial charge in [-0.15, -0.1) is 0 Å². The first-order valence-corrected chi connectivity index (χ1v) is 29.5. The summed E-state index contributed by atoms with van der Waals surface area (Å²) in [6, 6.07) is 0. The molecule has 6 heteroatoms. The van der Waals surface area contributed by atoms with Gasteiger partial charge in [-0.3, -0.25) is 14.4 Å². The fourth-order valence-corrected chi connectivity index (χ4v) is 7.39. The van der Waals surface area contributed by atoms with Crippen LogP contribution in [0.2, 0.25) is 0 Å². The normalized spacial score (nSPS) is 13.3. The Bertz CT molecular complexity index is 1690. The van der Waals surface area contributed by atoms with E-state index in [9.17, 15) is 14.4 Å². The summed E-state index contributed by atoms with van der Waals surface area (Å²) >= 11 is 0. The molecule has 0 aromatic heterocycles. The van der Waals surface area contributed by atoms with E-state index < -0.39 is 6.10 Å². The molecule has 0 radical (unpaired) electrons. The van der Waals surface area contributed by atoms with Crippen molar-refractivity contribution < 1.29 is 28.6 Å². The molecular formula is C68H106O6. The predicted octanol–water partition coefficient (Wildman–Crippen LogP) is 20.1. The molecule has 414 valence electrons. The van der Waals surface area contributed by atoms with Crippen LogP contribution in [0, 0.1) is 0 Å². The number of carbonyl (C=O) groups is 3. The Morgan fingerprint density at radius 3 is 0.865 bits per heavy atom. The van der Waals surface area contributed by atoms with Crippen molar-refractivity contribution in [3.05, 3.63) is 158 Å². The number of hydrogen-bond acceptors (Lipinski definition) is 6. The molecule has 0 aliphatic heterocycles. The average Bonchev–Trinajstić information content (AvgIpc) is 3.40. The minimum absolute atomic E-state index is 0.109. The maximum Gasteiger partial charge on any atom is 0.306 e. The molecule has 0 fully saturated rings. The first-order valence-electron chi connectivity index (χ1n) is 29.5. The lowest BCUT2D eigenvalue weighted by Gasteiger charge is -2.18. The molecule has 0 spiro atoms. The van der Waals surface area contributed by atoms with Crippen molar-refractivity contribution in [3.8, 4) is 0 Å². The Labute approximate surface area is 454 Å². The molecule has 0 heterocycles. The van der Waals surface area contributed by atoms with E-state index in [0.717, 1.165) is 161 Å². The van der Waals surface area contributed by atoms with Gasteiger partial charge in [-0.25, -0.2) is 0 Å². The van der Waals surface area contributed by atoms with Gasteiger partial charge in [-0.05, 0) is 141 Å². The Morgan fingerprint density at radius 1 is 0.284 bits per heavy atom. The third-order valence-electron chi connectivity index (χ3n) is 11.7. The van der Waals surface area contributed by atoms with E-state index >= 15 is 0 Å².